The molecule has 0 spiro atoms. The summed E-state index contributed by atoms with van der Waals surface area (Å²) in [5.41, 5.74) is 4.46. The number of para-hydroxylation sites is 1. The normalized spacial score (nSPS) is 10.8. The minimum Gasteiger partial charge on any atom is -0.457 e. The molecule has 0 radical (unpaired) electrons. The van der Waals surface area contributed by atoms with Crippen molar-refractivity contribution in [3.8, 4) is 11.5 Å². The zero-order valence-corrected chi connectivity index (χ0v) is 15.7. The summed E-state index contributed by atoms with van der Waals surface area (Å²) in [6, 6.07) is 22.1. The van der Waals surface area contributed by atoms with Crippen molar-refractivity contribution in [1.29, 1.82) is 0 Å². The number of hydrogen-bond donors (Lipinski definition) is 0. The lowest BCUT2D eigenvalue weighted by molar-refractivity contribution is 0.483. The molecular weight excluding hydrogens is 334 g/mol. The zero-order chi connectivity index (χ0) is 18.8. The highest BCUT2D eigenvalue weighted by atomic mass is 16.5. The van der Waals surface area contributed by atoms with E-state index in [0.29, 0.717) is 0 Å². The molecule has 134 valence electrons. The summed E-state index contributed by atoms with van der Waals surface area (Å²) in [5, 5.41) is 1.05. The van der Waals surface area contributed by atoms with Crippen molar-refractivity contribution in [1.82, 2.24) is 9.97 Å². The first-order valence-electron chi connectivity index (χ1n) is 8.90. The number of fused-ring (bicyclic) bond motifs is 1. The van der Waals surface area contributed by atoms with E-state index in [1.54, 1.807) is 6.33 Å². The molecule has 4 rings (SSSR count). The van der Waals surface area contributed by atoms with Crippen LogP contribution in [0.25, 0.3) is 10.9 Å². The van der Waals surface area contributed by atoms with Gasteiger partial charge in [-0.1, -0.05) is 18.2 Å². The number of ether oxygens (including phenoxy) is 1. The van der Waals surface area contributed by atoms with E-state index in [1.807, 2.05) is 61.6 Å². The summed E-state index contributed by atoms with van der Waals surface area (Å²) in [5.74, 6) is 2.52. The van der Waals surface area contributed by atoms with Crippen LogP contribution in [0.2, 0.25) is 0 Å². The van der Waals surface area contributed by atoms with E-state index in [0.717, 1.165) is 33.9 Å². The third kappa shape index (κ3) is 3.47. The van der Waals surface area contributed by atoms with Crippen LogP contribution in [0.15, 0.2) is 73.1 Å². The van der Waals surface area contributed by atoms with Gasteiger partial charge in [-0.2, -0.15) is 0 Å². The Hall–Kier alpha value is -3.40. The molecule has 0 atom stereocenters. The molecule has 0 aliphatic rings. The molecule has 0 aliphatic heterocycles. The molecule has 0 unspecified atom stereocenters. The summed E-state index contributed by atoms with van der Waals surface area (Å²) in [6.07, 6.45) is 1.62. The first-order chi connectivity index (χ1) is 13.1. The SMILES string of the molecule is Cc1cc2ncnc(N(C)c3ccc(Oc4ccccc4)cc3)c2cc1C. The van der Waals surface area contributed by atoms with Gasteiger partial charge < -0.3 is 9.64 Å². The smallest absolute Gasteiger partial charge is 0.144 e. The van der Waals surface area contributed by atoms with Crippen molar-refractivity contribution >= 4 is 22.4 Å². The van der Waals surface area contributed by atoms with Crippen molar-refractivity contribution in [2.45, 2.75) is 13.8 Å². The molecule has 0 fully saturated rings. The Morgan fingerprint density at radius 3 is 2.19 bits per heavy atom. The van der Waals surface area contributed by atoms with E-state index in [2.05, 4.69) is 40.8 Å². The fourth-order valence-electron chi connectivity index (χ4n) is 3.05. The van der Waals surface area contributed by atoms with Gasteiger partial charge in [0.1, 0.15) is 23.6 Å². The molecule has 0 saturated carbocycles. The van der Waals surface area contributed by atoms with E-state index < -0.39 is 0 Å². The van der Waals surface area contributed by atoms with Crippen molar-refractivity contribution in [2.24, 2.45) is 0 Å². The average Bonchev–Trinajstić information content (AvgIpc) is 2.69. The van der Waals surface area contributed by atoms with Gasteiger partial charge in [0.15, 0.2) is 0 Å². The topological polar surface area (TPSA) is 38.2 Å². The monoisotopic (exact) mass is 355 g/mol. The highest BCUT2D eigenvalue weighted by molar-refractivity contribution is 5.92. The second kappa shape index (κ2) is 7.08. The summed E-state index contributed by atoms with van der Waals surface area (Å²) >= 11 is 0. The largest absolute Gasteiger partial charge is 0.457 e. The quantitative estimate of drug-likeness (QED) is 0.463. The predicted octanol–water partition coefficient (Wildman–Crippen LogP) is 5.81. The Morgan fingerprint density at radius 2 is 1.44 bits per heavy atom. The summed E-state index contributed by atoms with van der Waals surface area (Å²) < 4.78 is 5.87. The third-order valence-corrected chi connectivity index (χ3v) is 4.75. The summed E-state index contributed by atoms with van der Waals surface area (Å²) in [7, 11) is 2.02. The number of nitrogens with zero attached hydrogens (tertiary/aromatic N) is 3. The van der Waals surface area contributed by atoms with Gasteiger partial charge in [-0.3, -0.25) is 0 Å². The van der Waals surface area contributed by atoms with Gasteiger partial charge in [-0.05, 0) is 73.5 Å². The molecule has 1 aromatic heterocycles. The summed E-state index contributed by atoms with van der Waals surface area (Å²) in [4.78, 5) is 11.0. The first-order valence-corrected chi connectivity index (χ1v) is 8.90. The van der Waals surface area contributed by atoms with Crippen LogP contribution in [0.1, 0.15) is 11.1 Å². The van der Waals surface area contributed by atoms with Crippen molar-refractivity contribution in [2.75, 3.05) is 11.9 Å². The van der Waals surface area contributed by atoms with Crippen molar-refractivity contribution in [3.05, 3.63) is 84.2 Å². The van der Waals surface area contributed by atoms with Crippen LogP contribution in [0.4, 0.5) is 11.5 Å². The van der Waals surface area contributed by atoms with Crippen LogP contribution in [0.3, 0.4) is 0 Å². The maximum absolute atomic E-state index is 5.87. The maximum atomic E-state index is 5.87. The van der Waals surface area contributed by atoms with Gasteiger partial charge in [0.2, 0.25) is 0 Å². The first kappa shape index (κ1) is 17.0. The minimum atomic E-state index is 0.803. The zero-order valence-electron chi connectivity index (χ0n) is 15.7. The Morgan fingerprint density at radius 1 is 0.778 bits per heavy atom. The summed E-state index contributed by atoms with van der Waals surface area (Å²) in [6.45, 7) is 4.22. The van der Waals surface area contributed by atoms with Crippen LogP contribution in [-0.2, 0) is 0 Å². The highest BCUT2D eigenvalue weighted by Crippen LogP contribution is 2.31. The molecule has 4 heteroatoms. The number of hydrogen-bond acceptors (Lipinski definition) is 4. The van der Waals surface area contributed by atoms with E-state index >= 15 is 0 Å². The molecular formula is C23H21N3O. The van der Waals surface area contributed by atoms with Gasteiger partial charge in [0, 0.05) is 18.1 Å². The van der Waals surface area contributed by atoms with Crippen LogP contribution in [0, 0.1) is 13.8 Å². The Balaban J connectivity index is 1.64. The number of benzene rings is 3. The van der Waals surface area contributed by atoms with Gasteiger partial charge in [0.25, 0.3) is 0 Å². The molecule has 1 heterocycles. The van der Waals surface area contributed by atoms with E-state index in [1.165, 1.54) is 11.1 Å². The molecule has 0 N–H and O–H groups in total. The van der Waals surface area contributed by atoms with Gasteiger partial charge in [-0.15, -0.1) is 0 Å². The van der Waals surface area contributed by atoms with E-state index in [-0.39, 0.29) is 0 Å². The molecule has 4 nitrogen and oxygen atoms in total. The lowest BCUT2D eigenvalue weighted by Crippen LogP contribution is -2.12. The van der Waals surface area contributed by atoms with Crippen LogP contribution in [0.5, 0.6) is 11.5 Å². The van der Waals surface area contributed by atoms with Gasteiger partial charge >= 0.3 is 0 Å². The van der Waals surface area contributed by atoms with E-state index in [9.17, 15) is 0 Å². The van der Waals surface area contributed by atoms with Crippen LogP contribution in [-0.4, -0.2) is 17.0 Å². The molecule has 0 amide bonds. The number of aromatic nitrogens is 2. The van der Waals surface area contributed by atoms with Crippen molar-refractivity contribution in [3.63, 3.8) is 0 Å². The molecule has 0 bridgehead atoms. The second-order valence-corrected chi connectivity index (χ2v) is 6.62. The lowest BCUT2D eigenvalue weighted by Gasteiger charge is -2.20. The predicted molar refractivity (Wildman–Crippen MR) is 110 cm³/mol. The number of aryl methyl sites for hydroxylation is 2. The van der Waals surface area contributed by atoms with Gasteiger partial charge in [0.05, 0.1) is 5.52 Å². The number of rotatable bonds is 4. The van der Waals surface area contributed by atoms with Gasteiger partial charge in [-0.25, -0.2) is 9.97 Å². The third-order valence-electron chi connectivity index (χ3n) is 4.75. The molecule has 27 heavy (non-hydrogen) atoms. The lowest BCUT2D eigenvalue weighted by atomic mass is 10.1. The fraction of sp³-hybridized carbons (Fsp3) is 0.130. The Kier molecular flexibility index (Phi) is 4.47. The average molecular weight is 355 g/mol. The highest BCUT2D eigenvalue weighted by Gasteiger charge is 2.12. The van der Waals surface area contributed by atoms with Crippen molar-refractivity contribution < 1.29 is 4.74 Å². The molecule has 4 aromatic rings. The molecule has 3 aromatic carbocycles. The number of anilines is 2. The second-order valence-electron chi connectivity index (χ2n) is 6.62. The standard InChI is InChI=1S/C23H21N3O/c1-16-13-21-22(14-17(16)2)24-15-25-23(21)26(3)18-9-11-20(12-10-18)27-19-7-5-4-6-8-19/h4-15H,1-3H3. The van der Waals surface area contributed by atoms with E-state index in [4.69, 9.17) is 4.74 Å². The van der Waals surface area contributed by atoms with Crippen LogP contribution >= 0.6 is 0 Å². The Labute approximate surface area is 159 Å². The maximum Gasteiger partial charge on any atom is 0.144 e. The van der Waals surface area contributed by atoms with Crippen LogP contribution < -0.4 is 9.64 Å². The molecule has 0 aliphatic carbocycles. The molecule has 0 saturated heterocycles. The minimum absolute atomic E-state index is 0.803. The fourth-order valence-corrected chi connectivity index (χ4v) is 3.05. The Bertz CT molecular complexity index is 1080.